The molecule has 2 N–H and O–H groups in total. The number of nitrogens with one attached hydrogen (secondary N) is 2. The van der Waals surface area contributed by atoms with Gasteiger partial charge in [-0.15, -0.1) is 0 Å². The molecule has 0 bridgehead atoms. The van der Waals surface area contributed by atoms with Crippen LogP contribution in [0.15, 0.2) is 54.7 Å². The number of halogens is 2. The molecule has 0 amide bonds. The molecular weight excluding hydrogens is 342 g/mol. The Hall–Kier alpha value is -3.55. The molecule has 6 nitrogen and oxygen atoms in total. The molecule has 0 fully saturated rings. The molecule has 8 heteroatoms. The van der Waals surface area contributed by atoms with Crippen LogP contribution in [0, 0.1) is 11.6 Å². The van der Waals surface area contributed by atoms with Crippen molar-refractivity contribution >= 4 is 29.1 Å². The van der Waals surface area contributed by atoms with Gasteiger partial charge in [-0.05, 0) is 42.5 Å². The topological polar surface area (TPSA) is 76.1 Å². The highest BCUT2D eigenvalue weighted by molar-refractivity contribution is 5.89. The van der Waals surface area contributed by atoms with Crippen molar-refractivity contribution in [2.45, 2.75) is 0 Å². The second-order valence-electron chi connectivity index (χ2n) is 5.21. The van der Waals surface area contributed by atoms with Gasteiger partial charge in [-0.25, -0.2) is 18.6 Å². The second-order valence-corrected chi connectivity index (χ2v) is 5.21. The molecule has 0 atom stereocenters. The van der Waals surface area contributed by atoms with Gasteiger partial charge in [0.25, 0.3) is 0 Å². The maximum absolute atomic E-state index is 13.7. The van der Waals surface area contributed by atoms with Gasteiger partial charge in [0, 0.05) is 18.0 Å². The predicted octanol–water partition coefficient (Wildman–Crippen LogP) is 4.03. The summed E-state index contributed by atoms with van der Waals surface area (Å²) in [4.78, 5) is 19.6. The Labute approximate surface area is 147 Å². The van der Waals surface area contributed by atoms with Crippen LogP contribution in [0.1, 0.15) is 10.4 Å². The summed E-state index contributed by atoms with van der Waals surface area (Å²) in [7, 11) is 1.31. The number of nitrogens with zero attached hydrogens (tertiary/aromatic N) is 2. The molecule has 0 aliphatic heterocycles. The molecule has 26 heavy (non-hydrogen) atoms. The van der Waals surface area contributed by atoms with Crippen molar-refractivity contribution in [3.05, 3.63) is 71.9 Å². The zero-order valence-electron chi connectivity index (χ0n) is 13.7. The average Bonchev–Trinajstić information content (AvgIpc) is 2.64. The average molecular weight is 356 g/mol. The lowest BCUT2D eigenvalue weighted by Gasteiger charge is -2.09. The minimum absolute atomic E-state index is 0.0611. The van der Waals surface area contributed by atoms with Gasteiger partial charge in [0.1, 0.15) is 17.5 Å². The van der Waals surface area contributed by atoms with Gasteiger partial charge in [0.05, 0.1) is 18.4 Å². The minimum Gasteiger partial charge on any atom is -0.465 e. The van der Waals surface area contributed by atoms with Crippen LogP contribution in [-0.2, 0) is 4.74 Å². The van der Waals surface area contributed by atoms with E-state index in [2.05, 4.69) is 25.3 Å². The van der Waals surface area contributed by atoms with Crippen LogP contribution in [0.3, 0.4) is 0 Å². The van der Waals surface area contributed by atoms with Crippen molar-refractivity contribution in [1.82, 2.24) is 9.97 Å². The predicted molar refractivity (Wildman–Crippen MR) is 92.7 cm³/mol. The van der Waals surface area contributed by atoms with E-state index in [4.69, 9.17) is 0 Å². The highest BCUT2D eigenvalue weighted by Gasteiger charge is 2.07. The lowest BCUT2D eigenvalue weighted by molar-refractivity contribution is 0.0601. The number of aromatic nitrogens is 2. The maximum Gasteiger partial charge on any atom is 0.337 e. The Morgan fingerprint density at radius 3 is 2.50 bits per heavy atom. The number of hydrogen-bond donors (Lipinski definition) is 2. The molecule has 1 heterocycles. The van der Waals surface area contributed by atoms with E-state index in [1.54, 1.807) is 30.3 Å². The summed E-state index contributed by atoms with van der Waals surface area (Å²) in [5, 5.41) is 5.73. The molecule has 0 saturated heterocycles. The zero-order chi connectivity index (χ0) is 18.5. The number of benzene rings is 2. The molecular formula is C18H14F2N4O2. The third-order valence-electron chi connectivity index (χ3n) is 3.41. The first-order chi connectivity index (χ1) is 12.5. The molecule has 0 aliphatic carbocycles. The SMILES string of the molecule is COC(=O)c1ccc(Nc2ccnc(Nc3ccc(F)cc3F)n2)cc1. The van der Waals surface area contributed by atoms with Gasteiger partial charge >= 0.3 is 5.97 Å². The highest BCUT2D eigenvalue weighted by Crippen LogP contribution is 2.20. The summed E-state index contributed by atoms with van der Waals surface area (Å²) < 4.78 is 31.3. The van der Waals surface area contributed by atoms with Crippen molar-refractivity contribution in [3.63, 3.8) is 0 Å². The quantitative estimate of drug-likeness (QED) is 0.672. The molecule has 0 saturated carbocycles. The van der Waals surface area contributed by atoms with Gasteiger partial charge < -0.3 is 15.4 Å². The van der Waals surface area contributed by atoms with Crippen LogP contribution < -0.4 is 10.6 Å². The van der Waals surface area contributed by atoms with E-state index >= 15 is 0 Å². The molecule has 132 valence electrons. The fourth-order valence-electron chi connectivity index (χ4n) is 2.16. The second kappa shape index (κ2) is 7.56. The lowest BCUT2D eigenvalue weighted by atomic mass is 10.2. The fourth-order valence-corrected chi connectivity index (χ4v) is 2.16. The van der Waals surface area contributed by atoms with Gasteiger partial charge in [0.2, 0.25) is 5.95 Å². The molecule has 3 rings (SSSR count). The zero-order valence-corrected chi connectivity index (χ0v) is 13.7. The molecule has 0 spiro atoms. The maximum atomic E-state index is 13.7. The molecule has 0 unspecified atom stereocenters. The van der Waals surface area contributed by atoms with E-state index < -0.39 is 17.6 Å². The minimum atomic E-state index is -0.745. The molecule has 2 aromatic carbocycles. The van der Waals surface area contributed by atoms with Gasteiger partial charge in [0.15, 0.2) is 0 Å². The van der Waals surface area contributed by atoms with Gasteiger partial charge in [-0.3, -0.25) is 0 Å². The van der Waals surface area contributed by atoms with E-state index in [9.17, 15) is 13.6 Å². The number of carbonyl (C=O) groups is 1. The van der Waals surface area contributed by atoms with Crippen molar-refractivity contribution < 1.29 is 18.3 Å². The van der Waals surface area contributed by atoms with Gasteiger partial charge in [-0.2, -0.15) is 4.98 Å². The Morgan fingerprint density at radius 2 is 1.81 bits per heavy atom. The first-order valence-electron chi connectivity index (χ1n) is 7.55. The summed E-state index contributed by atoms with van der Waals surface area (Å²) in [6.45, 7) is 0. The fraction of sp³-hybridized carbons (Fsp3) is 0.0556. The third kappa shape index (κ3) is 4.10. The monoisotopic (exact) mass is 356 g/mol. The normalized spacial score (nSPS) is 10.3. The molecule has 0 aliphatic rings. The molecule has 3 aromatic rings. The van der Waals surface area contributed by atoms with E-state index in [0.717, 1.165) is 12.1 Å². The Morgan fingerprint density at radius 1 is 1.04 bits per heavy atom. The van der Waals surface area contributed by atoms with E-state index in [1.165, 1.54) is 19.4 Å². The summed E-state index contributed by atoms with van der Waals surface area (Å²) >= 11 is 0. The van der Waals surface area contributed by atoms with Crippen LogP contribution in [0.2, 0.25) is 0 Å². The molecule has 0 radical (unpaired) electrons. The summed E-state index contributed by atoms with van der Waals surface area (Å²) in [5.41, 5.74) is 1.18. The number of anilines is 4. The van der Waals surface area contributed by atoms with E-state index in [1.807, 2.05) is 0 Å². The third-order valence-corrected chi connectivity index (χ3v) is 3.41. The highest BCUT2D eigenvalue weighted by atomic mass is 19.1. The van der Waals surface area contributed by atoms with Gasteiger partial charge in [-0.1, -0.05) is 0 Å². The van der Waals surface area contributed by atoms with Crippen molar-refractivity contribution in [3.8, 4) is 0 Å². The number of ether oxygens (including phenoxy) is 1. The van der Waals surface area contributed by atoms with E-state index in [0.29, 0.717) is 17.1 Å². The largest absolute Gasteiger partial charge is 0.465 e. The smallest absolute Gasteiger partial charge is 0.337 e. The number of hydrogen-bond acceptors (Lipinski definition) is 6. The Kier molecular flexibility index (Phi) is 5.02. The van der Waals surface area contributed by atoms with Crippen LogP contribution in [0.25, 0.3) is 0 Å². The number of methoxy groups -OCH3 is 1. The van der Waals surface area contributed by atoms with Crippen LogP contribution >= 0.6 is 0 Å². The number of carbonyl (C=O) groups excluding carboxylic acids is 1. The van der Waals surface area contributed by atoms with Crippen molar-refractivity contribution in [1.29, 1.82) is 0 Å². The van der Waals surface area contributed by atoms with Crippen LogP contribution in [-0.4, -0.2) is 23.0 Å². The first-order valence-corrected chi connectivity index (χ1v) is 7.55. The molecule has 1 aromatic heterocycles. The van der Waals surface area contributed by atoms with Crippen LogP contribution in [0.5, 0.6) is 0 Å². The number of rotatable bonds is 5. The van der Waals surface area contributed by atoms with Crippen molar-refractivity contribution in [2.24, 2.45) is 0 Å². The standard InChI is InChI=1S/C18H14F2N4O2/c1-26-17(25)11-2-5-13(6-3-11)22-16-8-9-21-18(24-16)23-15-7-4-12(19)10-14(15)20/h2-10H,1H3,(H2,21,22,23,24). The Balaban J connectivity index is 1.74. The summed E-state index contributed by atoms with van der Waals surface area (Å²) in [6.07, 6.45) is 1.49. The first kappa shape index (κ1) is 17.3. The van der Waals surface area contributed by atoms with E-state index in [-0.39, 0.29) is 11.6 Å². The summed E-state index contributed by atoms with van der Waals surface area (Å²) in [6, 6.07) is 11.4. The summed E-state index contributed by atoms with van der Waals surface area (Å²) in [5.74, 6) is -1.24. The lowest BCUT2D eigenvalue weighted by Crippen LogP contribution is -2.03. The Bertz CT molecular complexity index is 933. The van der Waals surface area contributed by atoms with Crippen LogP contribution in [0.4, 0.5) is 31.9 Å². The number of esters is 1. The van der Waals surface area contributed by atoms with Crippen molar-refractivity contribution in [2.75, 3.05) is 17.7 Å².